The molecule has 1 heterocycles. The second-order valence-corrected chi connectivity index (χ2v) is 7.97. The molecule has 2 aromatic carbocycles. The largest absolute Gasteiger partial charge is 0.496 e. The Labute approximate surface area is 176 Å². The first kappa shape index (κ1) is 22.7. The summed E-state index contributed by atoms with van der Waals surface area (Å²) < 4.78 is 66.4. The van der Waals surface area contributed by atoms with Crippen LogP contribution in [0.2, 0.25) is 0 Å². The van der Waals surface area contributed by atoms with E-state index >= 15 is 0 Å². The van der Waals surface area contributed by atoms with Crippen molar-refractivity contribution in [2.75, 3.05) is 13.7 Å². The Bertz CT molecular complexity index is 1070. The van der Waals surface area contributed by atoms with Crippen molar-refractivity contribution >= 4 is 10.8 Å². The highest BCUT2D eigenvalue weighted by Crippen LogP contribution is 2.44. The van der Waals surface area contributed by atoms with Gasteiger partial charge in [-0.15, -0.1) is 0 Å². The number of nitrogens with zero attached hydrogens (tertiary/aromatic N) is 2. The van der Waals surface area contributed by atoms with Gasteiger partial charge in [-0.25, -0.2) is 4.39 Å². The molecular formula is C22H22F4N2O3. The summed E-state index contributed by atoms with van der Waals surface area (Å²) in [5, 5.41) is 19.3. The third-order valence-corrected chi connectivity index (χ3v) is 5.17. The molecule has 0 fully saturated rings. The molecule has 0 bridgehead atoms. The lowest BCUT2D eigenvalue weighted by atomic mass is 9.74. The van der Waals surface area contributed by atoms with Crippen LogP contribution in [0, 0.1) is 5.82 Å². The minimum Gasteiger partial charge on any atom is -0.496 e. The standard InChI is InChI=1S/C22H22F4N2O3/c1-20(2,17-9-15(23)7-8-19(17)30-3)12-21(29,22(24,25)26)13-31-18-6-4-5-14-10-27-28-11-16(14)18/h4-11,29H,12-13H2,1-3H3. The van der Waals surface area contributed by atoms with Crippen molar-refractivity contribution in [3.8, 4) is 11.5 Å². The Morgan fingerprint density at radius 2 is 1.71 bits per heavy atom. The van der Waals surface area contributed by atoms with Crippen LogP contribution in [0.15, 0.2) is 48.8 Å². The smallest absolute Gasteiger partial charge is 0.420 e. The van der Waals surface area contributed by atoms with E-state index in [9.17, 15) is 22.7 Å². The van der Waals surface area contributed by atoms with E-state index in [2.05, 4.69) is 10.2 Å². The third kappa shape index (κ3) is 4.71. The Morgan fingerprint density at radius 3 is 2.39 bits per heavy atom. The molecule has 1 atom stereocenters. The van der Waals surface area contributed by atoms with Crippen LogP contribution in [0.25, 0.3) is 10.8 Å². The Balaban J connectivity index is 1.93. The first-order chi connectivity index (χ1) is 14.5. The molecule has 0 saturated heterocycles. The fourth-order valence-corrected chi connectivity index (χ4v) is 3.59. The van der Waals surface area contributed by atoms with Gasteiger partial charge >= 0.3 is 6.18 Å². The molecule has 3 rings (SSSR count). The van der Waals surface area contributed by atoms with Gasteiger partial charge in [0, 0.05) is 16.3 Å². The van der Waals surface area contributed by atoms with Crippen molar-refractivity contribution < 1.29 is 32.1 Å². The van der Waals surface area contributed by atoms with Crippen LogP contribution in [-0.4, -0.2) is 40.8 Å². The quantitative estimate of drug-likeness (QED) is 0.536. The molecule has 31 heavy (non-hydrogen) atoms. The molecule has 3 aromatic rings. The van der Waals surface area contributed by atoms with Crippen molar-refractivity contribution in [3.05, 3.63) is 60.2 Å². The first-order valence-corrected chi connectivity index (χ1v) is 9.42. The maximum absolute atomic E-state index is 14.0. The normalized spacial score (nSPS) is 14.3. The zero-order chi connectivity index (χ0) is 22.9. The second-order valence-electron chi connectivity index (χ2n) is 7.97. The lowest BCUT2D eigenvalue weighted by Crippen LogP contribution is -2.53. The number of hydrogen-bond donors (Lipinski definition) is 1. The van der Waals surface area contributed by atoms with E-state index in [1.54, 1.807) is 12.1 Å². The van der Waals surface area contributed by atoms with E-state index < -0.39 is 36.0 Å². The third-order valence-electron chi connectivity index (χ3n) is 5.17. The van der Waals surface area contributed by atoms with Gasteiger partial charge < -0.3 is 14.6 Å². The predicted octanol–water partition coefficient (Wildman–Crippen LogP) is 4.82. The van der Waals surface area contributed by atoms with Gasteiger partial charge in [0.1, 0.15) is 23.9 Å². The molecule has 0 amide bonds. The highest BCUT2D eigenvalue weighted by Gasteiger charge is 2.57. The molecule has 1 aromatic heterocycles. The van der Waals surface area contributed by atoms with Gasteiger partial charge in [-0.3, -0.25) is 0 Å². The lowest BCUT2D eigenvalue weighted by molar-refractivity contribution is -0.274. The molecule has 1 unspecified atom stereocenters. The average Bonchev–Trinajstić information content (AvgIpc) is 2.71. The number of fused-ring (bicyclic) bond motifs is 1. The van der Waals surface area contributed by atoms with Gasteiger partial charge in [0.2, 0.25) is 0 Å². The summed E-state index contributed by atoms with van der Waals surface area (Å²) >= 11 is 0. The van der Waals surface area contributed by atoms with Crippen LogP contribution in [-0.2, 0) is 5.41 Å². The molecular weight excluding hydrogens is 416 g/mol. The summed E-state index contributed by atoms with van der Waals surface area (Å²) in [6, 6.07) is 8.41. The van der Waals surface area contributed by atoms with Crippen LogP contribution in [0.3, 0.4) is 0 Å². The van der Waals surface area contributed by atoms with Crippen LogP contribution < -0.4 is 9.47 Å². The summed E-state index contributed by atoms with van der Waals surface area (Å²) in [7, 11) is 1.34. The van der Waals surface area contributed by atoms with Crippen LogP contribution in [0.1, 0.15) is 25.8 Å². The Morgan fingerprint density at radius 1 is 1.00 bits per heavy atom. The summed E-state index contributed by atoms with van der Waals surface area (Å²) in [6.45, 7) is 1.90. The number of ether oxygens (including phenoxy) is 2. The van der Waals surface area contributed by atoms with Gasteiger partial charge in [0.05, 0.1) is 19.5 Å². The zero-order valence-electron chi connectivity index (χ0n) is 17.2. The van der Waals surface area contributed by atoms with Crippen molar-refractivity contribution in [1.82, 2.24) is 10.2 Å². The first-order valence-electron chi connectivity index (χ1n) is 9.42. The number of aliphatic hydroxyl groups is 1. The van der Waals surface area contributed by atoms with Crippen molar-refractivity contribution in [2.24, 2.45) is 0 Å². The average molecular weight is 438 g/mol. The maximum atomic E-state index is 14.0. The summed E-state index contributed by atoms with van der Waals surface area (Å²) in [5.41, 5.74) is -4.31. The fourth-order valence-electron chi connectivity index (χ4n) is 3.59. The Kier molecular flexibility index (Phi) is 6.09. The van der Waals surface area contributed by atoms with Gasteiger partial charge in [-0.1, -0.05) is 26.0 Å². The molecule has 9 heteroatoms. The van der Waals surface area contributed by atoms with Gasteiger partial charge in [0.25, 0.3) is 0 Å². The summed E-state index contributed by atoms with van der Waals surface area (Å²) in [5.74, 6) is -0.256. The molecule has 5 nitrogen and oxygen atoms in total. The van der Waals surface area contributed by atoms with Crippen molar-refractivity contribution in [3.63, 3.8) is 0 Å². The maximum Gasteiger partial charge on any atom is 0.420 e. The SMILES string of the molecule is COc1ccc(F)cc1C(C)(C)CC(O)(COc1cccc2cnncc12)C(F)(F)F. The summed E-state index contributed by atoms with van der Waals surface area (Å²) in [6.07, 6.45) is -2.96. The van der Waals surface area contributed by atoms with Crippen molar-refractivity contribution in [2.45, 2.75) is 37.5 Å². The van der Waals surface area contributed by atoms with Gasteiger partial charge in [-0.2, -0.15) is 23.4 Å². The van der Waals surface area contributed by atoms with E-state index in [0.717, 1.165) is 12.1 Å². The molecule has 0 aliphatic carbocycles. The summed E-state index contributed by atoms with van der Waals surface area (Å²) in [4.78, 5) is 0. The predicted molar refractivity (Wildman–Crippen MR) is 107 cm³/mol. The highest BCUT2D eigenvalue weighted by atomic mass is 19.4. The molecule has 0 aliphatic rings. The number of hydrogen-bond acceptors (Lipinski definition) is 5. The molecule has 0 saturated carbocycles. The van der Waals surface area contributed by atoms with Crippen LogP contribution >= 0.6 is 0 Å². The van der Waals surface area contributed by atoms with Crippen molar-refractivity contribution in [1.29, 1.82) is 0 Å². The minimum atomic E-state index is -5.00. The monoisotopic (exact) mass is 438 g/mol. The van der Waals surface area contributed by atoms with E-state index in [4.69, 9.17) is 9.47 Å². The molecule has 0 aliphatic heterocycles. The van der Waals surface area contributed by atoms with Crippen LogP contribution in [0.4, 0.5) is 17.6 Å². The highest BCUT2D eigenvalue weighted by molar-refractivity contribution is 5.86. The van der Waals surface area contributed by atoms with Gasteiger partial charge in [0.15, 0.2) is 5.60 Å². The number of benzene rings is 2. The molecule has 0 radical (unpaired) electrons. The second kappa shape index (κ2) is 8.30. The van der Waals surface area contributed by atoms with E-state index in [-0.39, 0.29) is 17.1 Å². The number of rotatable bonds is 7. The molecule has 0 spiro atoms. The molecule has 1 N–H and O–H groups in total. The number of aromatic nitrogens is 2. The zero-order valence-corrected chi connectivity index (χ0v) is 17.2. The minimum absolute atomic E-state index is 0.135. The van der Waals surface area contributed by atoms with E-state index in [1.165, 1.54) is 45.5 Å². The van der Waals surface area contributed by atoms with Gasteiger partial charge in [-0.05, 0) is 36.1 Å². The number of alkyl halides is 3. The molecule has 166 valence electrons. The number of methoxy groups -OCH3 is 1. The van der Waals surface area contributed by atoms with E-state index in [1.807, 2.05) is 0 Å². The topological polar surface area (TPSA) is 64.5 Å². The lowest BCUT2D eigenvalue weighted by Gasteiger charge is -2.38. The number of halogens is 4. The Hall–Kier alpha value is -2.94. The van der Waals surface area contributed by atoms with Crippen LogP contribution in [0.5, 0.6) is 11.5 Å². The van der Waals surface area contributed by atoms with E-state index in [0.29, 0.717) is 10.8 Å². The fraction of sp³-hybridized carbons (Fsp3) is 0.364.